The van der Waals surface area contributed by atoms with Crippen LogP contribution in [0.15, 0.2) is 206 Å². The fraction of sp³-hybridized carbons (Fsp3) is 0.147. The van der Waals surface area contributed by atoms with Crippen LogP contribution in [0.1, 0.15) is 80.5 Å². The Balaban J connectivity index is 1.18. The van der Waals surface area contributed by atoms with Crippen LogP contribution in [0.5, 0.6) is 0 Å². The zero-order valence-corrected chi connectivity index (χ0v) is 40.6. The molecule has 332 valence electrons. The van der Waals surface area contributed by atoms with Crippen molar-refractivity contribution in [2.24, 2.45) is 0 Å². The largest absolute Gasteiger partial charge is 0.310 e. The predicted molar refractivity (Wildman–Crippen MR) is 295 cm³/mol. The lowest BCUT2D eigenvalue weighted by molar-refractivity contribution is 0.587. The number of aryl methyl sites for hydroxylation is 1. The molecule has 1 spiro atoms. The molecule has 69 heavy (non-hydrogen) atoms. The second-order valence-electron chi connectivity index (χ2n) is 21.7. The smallest absolute Gasteiger partial charge is 0.0754 e. The molecule has 0 saturated heterocycles. The second-order valence-corrected chi connectivity index (χ2v) is 21.7. The quantitative estimate of drug-likeness (QED) is 0.160. The maximum atomic E-state index is 2.59. The predicted octanol–water partition coefficient (Wildman–Crippen LogP) is 18.7. The Labute approximate surface area is 406 Å². The van der Waals surface area contributed by atoms with E-state index in [9.17, 15) is 0 Å². The minimum atomic E-state index is -0.678. The molecule has 0 saturated carbocycles. The summed E-state index contributed by atoms with van der Waals surface area (Å²) < 4.78 is 0. The lowest BCUT2D eigenvalue weighted by atomic mass is 9.63. The number of hydrogen-bond acceptors (Lipinski definition) is 1. The molecule has 13 rings (SSSR count). The van der Waals surface area contributed by atoms with E-state index in [-0.39, 0.29) is 10.8 Å². The van der Waals surface area contributed by atoms with Crippen molar-refractivity contribution in [1.82, 2.24) is 0 Å². The van der Waals surface area contributed by atoms with Crippen LogP contribution in [0.2, 0.25) is 0 Å². The Morgan fingerprint density at radius 1 is 0.348 bits per heavy atom. The van der Waals surface area contributed by atoms with Crippen LogP contribution in [0.3, 0.4) is 0 Å². The van der Waals surface area contributed by atoms with Crippen LogP contribution < -0.4 is 4.90 Å². The highest BCUT2D eigenvalue weighted by molar-refractivity contribution is 6.16. The van der Waals surface area contributed by atoms with Gasteiger partial charge in [0.1, 0.15) is 0 Å². The molecule has 2 aliphatic rings. The highest BCUT2D eigenvalue weighted by Gasteiger charge is 2.52. The summed E-state index contributed by atoms with van der Waals surface area (Å²) in [5.74, 6) is 0. The number of fused-ring (bicyclic) bond motifs is 13. The van der Waals surface area contributed by atoms with Gasteiger partial charge in [-0.05, 0) is 176 Å². The van der Waals surface area contributed by atoms with Crippen LogP contribution >= 0.6 is 0 Å². The van der Waals surface area contributed by atoms with E-state index >= 15 is 0 Å². The van der Waals surface area contributed by atoms with Crippen molar-refractivity contribution >= 4 is 60.2 Å². The van der Waals surface area contributed by atoms with E-state index in [1.807, 2.05) is 0 Å². The standard InChI is InChI=1S/C68H55N/c1-42-50-20-12-14-24-56(50)65(57-25-15-13-21-51(42)57)46-29-36-55-54-35-28-45(64-52-22-10-8-18-43(52)38-44-19-9-11-23-53(44)64)39-59(54)68(60(55)40-46)58-26-16-17-27-62(58)69(49-33-30-47(31-34-49)66(2,3)4)63-37-32-48(41-61(63)68)67(5,6)7/h8-41H,1-7H3. The number of para-hydroxylation sites is 1. The first-order chi connectivity index (χ1) is 33.4. The van der Waals surface area contributed by atoms with Gasteiger partial charge in [0, 0.05) is 5.69 Å². The van der Waals surface area contributed by atoms with Crippen molar-refractivity contribution in [2.75, 3.05) is 4.90 Å². The molecule has 1 heteroatoms. The molecule has 1 nitrogen and oxygen atoms in total. The third-order valence-electron chi connectivity index (χ3n) is 15.7. The van der Waals surface area contributed by atoms with E-state index in [1.165, 1.54) is 127 Å². The molecule has 0 N–H and O–H groups in total. The minimum absolute atomic E-state index is 0.0398. The lowest BCUT2D eigenvalue weighted by Crippen LogP contribution is -2.36. The number of nitrogens with zero attached hydrogens (tertiary/aromatic N) is 1. The van der Waals surface area contributed by atoms with E-state index in [0.717, 1.165) is 5.69 Å². The first-order valence-electron chi connectivity index (χ1n) is 24.7. The number of hydrogen-bond donors (Lipinski definition) is 0. The Kier molecular flexibility index (Phi) is 8.94. The second kappa shape index (κ2) is 14.9. The van der Waals surface area contributed by atoms with Gasteiger partial charge in [0.25, 0.3) is 0 Å². The van der Waals surface area contributed by atoms with Gasteiger partial charge in [0.05, 0.1) is 16.8 Å². The van der Waals surface area contributed by atoms with Gasteiger partial charge in [0.2, 0.25) is 0 Å². The molecular weight excluding hydrogens is 831 g/mol. The summed E-state index contributed by atoms with van der Waals surface area (Å²) in [7, 11) is 0. The first kappa shape index (κ1) is 41.4. The summed E-state index contributed by atoms with van der Waals surface area (Å²) >= 11 is 0. The van der Waals surface area contributed by atoms with Gasteiger partial charge in [-0.15, -0.1) is 0 Å². The molecule has 1 heterocycles. The van der Waals surface area contributed by atoms with Gasteiger partial charge in [-0.25, -0.2) is 0 Å². The number of benzene rings is 11. The van der Waals surface area contributed by atoms with Gasteiger partial charge in [-0.1, -0.05) is 205 Å². The summed E-state index contributed by atoms with van der Waals surface area (Å²) in [5, 5.41) is 10.2. The molecule has 0 bridgehead atoms. The summed E-state index contributed by atoms with van der Waals surface area (Å²) in [5.41, 5.74) is 19.7. The topological polar surface area (TPSA) is 3.24 Å². The monoisotopic (exact) mass is 885 g/mol. The molecule has 1 atom stereocenters. The van der Waals surface area contributed by atoms with E-state index in [1.54, 1.807) is 0 Å². The lowest BCUT2D eigenvalue weighted by Gasteiger charge is -2.46. The van der Waals surface area contributed by atoms with Crippen molar-refractivity contribution in [3.8, 4) is 33.4 Å². The van der Waals surface area contributed by atoms with Crippen molar-refractivity contribution < 1.29 is 0 Å². The summed E-state index contributed by atoms with van der Waals surface area (Å²) in [6, 6.07) is 79.1. The highest BCUT2D eigenvalue weighted by Crippen LogP contribution is 2.65. The Morgan fingerprint density at radius 3 is 1.35 bits per heavy atom. The van der Waals surface area contributed by atoms with E-state index in [2.05, 4.69) is 260 Å². The van der Waals surface area contributed by atoms with E-state index in [0.29, 0.717) is 0 Å². The molecular formula is C68H55N. The molecule has 0 radical (unpaired) electrons. The van der Waals surface area contributed by atoms with Gasteiger partial charge < -0.3 is 4.90 Å². The van der Waals surface area contributed by atoms with Gasteiger partial charge in [-0.2, -0.15) is 0 Å². The average molecular weight is 886 g/mol. The van der Waals surface area contributed by atoms with Crippen LogP contribution in [0.4, 0.5) is 17.1 Å². The average Bonchev–Trinajstić information content (AvgIpc) is 3.64. The van der Waals surface area contributed by atoms with Gasteiger partial charge >= 0.3 is 0 Å². The fourth-order valence-corrected chi connectivity index (χ4v) is 12.3. The van der Waals surface area contributed by atoms with Crippen LogP contribution in [0.25, 0.3) is 76.5 Å². The van der Waals surface area contributed by atoms with Crippen molar-refractivity contribution in [3.05, 3.63) is 245 Å². The normalized spacial score (nSPS) is 15.2. The fourth-order valence-electron chi connectivity index (χ4n) is 12.3. The van der Waals surface area contributed by atoms with Crippen LogP contribution in [-0.2, 0) is 16.2 Å². The highest BCUT2D eigenvalue weighted by atomic mass is 15.2. The van der Waals surface area contributed by atoms with Crippen LogP contribution in [0, 0.1) is 6.92 Å². The third-order valence-corrected chi connectivity index (χ3v) is 15.7. The summed E-state index contributed by atoms with van der Waals surface area (Å²) in [6.07, 6.45) is 0. The van der Waals surface area contributed by atoms with Crippen molar-refractivity contribution in [3.63, 3.8) is 0 Å². The third kappa shape index (κ3) is 6.02. The SMILES string of the molecule is Cc1c2ccccc2c(-c2ccc3c(c2)C2(c4cc(-c5c6ccccc6cc6ccccc56)ccc4-3)c3ccccc3N(c3ccc(C(C)(C)C)cc3)c3ccc(C(C)(C)C)cc32)c2ccccc12. The minimum Gasteiger partial charge on any atom is -0.310 e. The molecule has 11 aromatic carbocycles. The number of rotatable bonds is 3. The summed E-state index contributed by atoms with van der Waals surface area (Å²) in [6.45, 7) is 16.2. The maximum Gasteiger partial charge on any atom is 0.0754 e. The molecule has 0 aromatic heterocycles. The molecule has 1 aliphatic carbocycles. The van der Waals surface area contributed by atoms with E-state index in [4.69, 9.17) is 0 Å². The zero-order valence-electron chi connectivity index (χ0n) is 40.6. The molecule has 1 unspecified atom stereocenters. The molecule has 11 aromatic rings. The van der Waals surface area contributed by atoms with Crippen molar-refractivity contribution in [2.45, 2.75) is 64.7 Å². The Hall–Kier alpha value is -7.74. The Morgan fingerprint density at radius 2 is 0.797 bits per heavy atom. The zero-order chi connectivity index (χ0) is 47.0. The molecule has 0 fully saturated rings. The van der Waals surface area contributed by atoms with E-state index < -0.39 is 5.41 Å². The molecule has 0 amide bonds. The number of anilines is 3. The molecule has 1 aliphatic heterocycles. The van der Waals surface area contributed by atoms with Crippen LogP contribution in [-0.4, -0.2) is 0 Å². The summed E-state index contributed by atoms with van der Waals surface area (Å²) in [4.78, 5) is 2.54. The van der Waals surface area contributed by atoms with Gasteiger partial charge in [0.15, 0.2) is 0 Å². The first-order valence-corrected chi connectivity index (χ1v) is 24.7. The van der Waals surface area contributed by atoms with Crippen molar-refractivity contribution in [1.29, 1.82) is 0 Å². The maximum absolute atomic E-state index is 2.59. The Bertz CT molecular complexity index is 3820. The van der Waals surface area contributed by atoms with Gasteiger partial charge in [-0.3, -0.25) is 0 Å².